The summed E-state index contributed by atoms with van der Waals surface area (Å²) in [4.78, 5) is 0. The summed E-state index contributed by atoms with van der Waals surface area (Å²) in [6.07, 6.45) is 9.98. The average molecular weight is 415 g/mol. The molecular weight excluding hydrogens is 397 g/mol. The topological polar surface area (TPSA) is 0 Å². The minimum atomic E-state index is 1.32. The van der Waals surface area contributed by atoms with Crippen LogP contribution in [0.25, 0.3) is 0 Å². The van der Waals surface area contributed by atoms with Gasteiger partial charge in [-0.25, -0.2) is 0 Å². The Labute approximate surface area is 145 Å². The lowest BCUT2D eigenvalue weighted by atomic mass is 10.1. The molecule has 0 aromatic heterocycles. The Balaban J connectivity index is 2.00. The Hall–Kier alpha value is 3.15. The second-order valence-corrected chi connectivity index (χ2v) is 18.7. The van der Waals surface area contributed by atoms with Gasteiger partial charge in [0.15, 0.2) is 0 Å². The summed E-state index contributed by atoms with van der Waals surface area (Å²) in [5.41, 5.74) is 0. The summed E-state index contributed by atoms with van der Waals surface area (Å²) in [6, 6.07) is 0. The largest absolute Gasteiger partial charge is 0.0817 e. The molecule has 0 aromatic carbocycles. The summed E-state index contributed by atoms with van der Waals surface area (Å²) in [5.74, 6) is 2.63. The first-order valence-corrected chi connectivity index (χ1v) is 17.7. The van der Waals surface area contributed by atoms with E-state index in [1.807, 2.05) is 90.4 Å². The van der Waals surface area contributed by atoms with Gasteiger partial charge in [0.25, 0.3) is 0 Å². The van der Waals surface area contributed by atoms with E-state index in [-0.39, 0.29) is 0 Å². The molecule has 0 radical (unpaired) electrons. The standard InChI is InChI=1S/C9H18S9/c1-2-4-6-8-10-12-14-16-18-17-15-13-11-9-7-5-3-1/h1-9H2. The van der Waals surface area contributed by atoms with Crippen LogP contribution in [0.2, 0.25) is 0 Å². The van der Waals surface area contributed by atoms with Crippen molar-refractivity contribution in [2.75, 3.05) is 11.5 Å². The van der Waals surface area contributed by atoms with Gasteiger partial charge in [-0.1, -0.05) is 53.7 Å². The van der Waals surface area contributed by atoms with E-state index in [9.17, 15) is 0 Å². The van der Waals surface area contributed by atoms with Crippen molar-refractivity contribution in [1.82, 2.24) is 0 Å². The predicted molar refractivity (Wildman–Crippen MR) is 110 cm³/mol. The highest BCUT2D eigenvalue weighted by atomic mass is 34.0. The molecule has 18 heavy (non-hydrogen) atoms. The third kappa shape index (κ3) is 14.1. The van der Waals surface area contributed by atoms with Crippen LogP contribution >= 0.6 is 90.4 Å². The van der Waals surface area contributed by atoms with Gasteiger partial charge in [0.05, 0.1) is 0 Å². The first-order valence-electron chi connectivity index (χ1n) is 5.91. The van der Waals surface area contributed by atoms with Gasteiger partial charge in [-0.3, -0.25) is 0 Å². The molecule has 1 saturated heterocycles. The van der Waals surface area contributed by atoms with Crippen molar-refractivity contribution in [3.8, 4) is 0 Å². The minimum absolute atomic E-state index is 1.32. The van der Waals surface area contributed by atoms with E-state index in [0.29, 0.717) is 0 Å². The predicted octanol–water partition coefficient (Wildman–Crippen LogP) is 8.65. The Morgan fingerprint density at radius 3 is 1.11 bits per heavy atom. The van der Waals surface area contributed by atoms with Crippen LogP contribution in [0.5, 0.6) is 0 Å². The highest BCUT2D eigenvalue weighted by Gasteiger charge is 1.99. The molecule has 1 aliphatic rings. The molecule has 0 nitrogen and oxygen atoms in total. The molecule has 0 unspecified atom stereocenters. The van der Waals surface area contributed by atoms with Crippen molar-refractivity contribution < 1.29 is 0 Å². The lowest BCUT2D eigenvalue weighted by molar-refractivity contribution is 0.606. The van der Waals surface area contributed by atoms with Gasteiger partial charge in [0.2, 0.25) is 0 Å². The van der Waals surface area contributed by atoms with E-state index in [1.54, 1.807) is 0 Å². The molecule has 1 aliphatic heterocycles. The summed E-state index contributed by atoms with van der Waals surface area (Å²) in [7, 11) is 17.4. The van der Waals surface area contributed by atoms with E-state index < -0.39 is 0 Å². The Bertz CT molecular complexity index is 93.1. The van der Waals surface area contributed by atoms with Gasteiger partial charge < -0.3 is 0 Å². The molecule has 0 saturated carbocycles. The summed E-state index contributed by atoms with van der Waals surface area (Å²) >= 11 is 0. The molecular formula is C9H18S9. The lowest BCUT2D eigenvalue weighted by Crippen LogP contribution is -1.83. The zero-order valence-electron chi connectivity index (χ0n) is 10.0. The average Bonchev–Trinajstić information content (AvgIpc) is 2.39. The van der Waals surface area contributed by atoms with E-state index in [0.717, 1.165) is 0 Å². The normalized spacial score (nSPS) is 24.0. The summed E-state index contributed by atoms with van der Waals surface area (Å²) < 4.78 is 0. The molecule has 0 N–H and O–H groups in total. The second-order valence-electron chi connectivity index (χ2n) is 3.60. The van der Waals surface area contributed by atoms with Crippen molar-refractivity contribution in [2.24, 2.45) is 0 Å². The summed E-state index contributed by atoms with van der Waals surface area (Å²) in [5, 5.41) is 0. The maximum absolute atomic E-state index is 2.02. The van der Waals surface area contributed by atoms with Gasteiger partial charge in [-0.05, 0) is 81.6 Å². The number of hydrogen-bond donors (Lipinski definition) is 0. The fourth-order valence-corrected chi connectivity index (χ4v) is 21.4. The van der Waals surface area contributed by atoms with Crippen molar-refractivity contribution in [3.63, 3.8) is 0 Å². The monoisotopic (exact) mass is 414 g/mol. The van der Waals surface area contributed by atoms with Crippen LogP contribution in [-0.4, -0.2) is 11.5 Å². The molecule has 0 aromatic rings. The lowest BCUT2D eigenvalue weighted by Gasteiger charge is -2.03. The van der Waals surface area contributed by atoms with Crippen LogP contribution in [0.15, 0.2) is 0 Å². The molecule has 1 fully saturated rings. The van der Waals surface area contributed by atoms with E-state index >= 15 is 0 Å². The molecule has 0 bridgehead atoms. The van der Waals surface area contributed by atoms with Gasteiger partial charge in [0.1, 0.15) is 0 Å². The Kier molecular flexibility index (Phi) is 17.6. The van der Waals surface area contributed by atoms with Crippen molar-refractivity contribution in [3.05, 3.63) is 0 Å². The van der Waals surface area contributed by atoms with E-state index in [4.69, 9.17) is 0 Å². The molecule has 108 valence electrons. The number of hydrogen-bond acceptors (Lipinski definition) is 9. The van der Waals surface area contributed by atoms with Crippen LogP contribution in [-0.2, 0) is 0 Å². The highest BCUT2D eigenvalue weighted by Crippen LogP contribution is 2.58. The van der Waals surface area contributed by atoms with Crippen LogP contribution < -0.4 is 0 Å². The zero-order valence-corrected chi connectivity index (χ0v) is 17.4. The third-order valence-electron chi connectivity index (χ3n) is 2.22. The van der Waals surface area contributed by atoms with Gasteiger partial charge in [-0.15, -0.1) is 0 Å². The summed E-state index contributed by atoms with van der Waals surface area (Å²) in [6.45, 7) is 0. The van der Waals surface area contributed by atoms with Crippen LogP contribution in [0.4, 0.5) is 0 Å². The molecule has 1 heterocycles. The van der Waals surface area contributed by atoms with E-state index in [1.165, 1.54) is 56.5 Å². The third-order valence-corrected chi connectivity index (χ3v) is 20.0. The van der Waals surface area contributed by atoms with Gasteiger partial charge in [-0.2, -0.15) is 0 Å². The molecule has 0 amide bonds. The van der Waals surface area contributed by atoms with Crippen molar-refractivity contribution >= 4 is 90.4 Å². The van der Waals surface area contributed by atoms with Gasteiger partial charge in [0, 0.05) is 11.5 Å². The van der Waals surface area contributed by atoms with Crippen molar-refractivity contribution in [1.29, 1.82) is 0 Å². The fraction of sp³-hybridized carbons (Fsp3) is 1.00. The number of rotatable bonds is 0. The fourth-order valence-electron chi connectivity index (χ4n) is 1.37. The first-order chi connectivity index (χ1) is 9.00. The highest BCUT2D eigenvalue weighted by molar-refractivity contribution is 9.51. The smallest absolute Gasteiger partial charge is 0.00454 e. The minimum Gasteiger partial charge on any atom is -0.0817 e. The van der Waals surface area contributed by atoms with Crippen molar-refractivity contribution in [2.45, 2.75) is 44.9 Å². The first kappa shape index (κ1) is 19.2. The van der Waals surface area contributed by atoms with Crippen LogP contribution in [0.1, 0.15) is 44.9 Å². The van der Waals surface area contributed by atoms with Crippen LogP contribution in [0, 0.1) is 0 Å². The molecule has 1 rings (SSSR count). The molecule has 0 atom stereocenters. The zero-order chi connectivity index (χ0) is 12.7. The Morgan fingerprint density at radius 2 is 0.667 bits per heavy atom. The maximum Gasteiger partial charge on any atom is 0.00454 e. The maximum atomic E-state index is 2.02. The van der Waals surface area contributed by atoms with Crippen LogP contribution in [0.3, 0.4) is 0 Å². The SMILES string of the molecule is C1CCCCSSSSSSSSSCCCC1. The Morgan fingerprint density at radius 1 is 0.333 bits per heavy atom. The van der Waals surface area contributed by atoms with E-state index in [2.05, 4.69) is 0 Å². The molecule has 9 heteroatoms. The van der Waals surface area contributed by atoms with Gasteiger partial charge >= 0.3 is 0 Å². The quantitative estimate of drug-likeness (QED) is 0.354. The molecule has 0 aliphatic carbocycles. The molecule has 0 spiro atoms. The second kappa shape index (κ2) is 16.5.